The molecule has 0 amide bonds. The van der Waals surface area contributed by atoms with Crippen LogP contribution in [-0.4, -0.2) is 22.3 Å². The van der Waals surface area contributed by atoms with Gasteiger partial charge in [0, 0.05) is 23.3 Å². The fourth-order valence-corrected chi connectivity index (χ4v) is 2.03. The fraction of sp³-hybridized carbons (Fsp3) is 0.286. The minimum Gasteiger partial charge on any atom is -0.424 e. The van der Waals surface area contributed by atoms with Crippen LogP contribution in [0.3, 0.4) is 0 Å². The molecule has 0 fully saturated rings. The van der Waals surface area contributed by atoms with Gasteiger partial charge in [-0.15, -0.1) is 11.8 Å². The van der Waals surface area contributed by atoms with Crippen molar-refractivity contribution in [2.45, 2.75) is 24.3 Å². The first-order valence-corrected chi connectivity index (χ1v) is 7.28. The lowest BCUT2D eigenvalue weighted by Crippen LogP contribution is -2.17. The number of ether oxygens (including phenoxy) is 1. The summed E-state index contributed by atoms with van der Waals surface area (Å²) in [4.78, 5) is 9.55. The minimum atomic E-state index is 0.106. The maximum absolute atomic E-state index is 5.72. The molecule has 2 N–H and O–H groups in total. The van der Waals surface area contributed by atoms with Crippen molar-refractivity contribution in [1.82, 2.24) is 9.97 Å². The SMILES string of the molecule is CSc1ccc(Oc2ncc(CC(C)N)cn2)cc1. The van der Waals surface area contributed by atoms with Crippen LogP contribution in [0.5, 0.6) is 11.8 Å². The Morgan fingerprint density at radius 3 is 2.37 bits per heavy atom. The smallest absolute Gasteiger partial charge is 0.321 e. The van der Waals surface area contributed by atoms with Crippen LogP contribution in [-0.2, 0) is 6.42 Å². The summed E-state index contributed by atoms with van der Waals surface area (Å²) in [7, 11) is 0. The molecule has 0 bridgehead atoms. The summed E-state index contributed by atoms with van der Waals surface area (Å²) in [6.07, 6.45) is 6.31. The van der Waals surface area contributed by atoms with E-state index >= 15 is 0 Å². The van der Waals surface area contributed by atoms with E-state index in [1.807, 2.05) is 37.4 Å². The fourth-order valence-electron chi connectivity index (χ4n) is 1.62. The predicted octanol–water partition coefficient (Wildman–Crippen LogP) is 2.88. The number of nitrogens with zero attached hydrogens (tertiary/aromatic N) is 2. The molecular formula is C14H17N3OS. The monoisotopic (exact) mass is 275 g/mol. The number of aromatic nitrogens is 2. The molecule has 0 aliphatic carbocycles. The molecule has 19 heavy (non-hydrogen) atoms. The molecule has 0 aliphatic heterocycles. The third kappa shape index (κ3) is 4.22. The second-order valence-corrected chi connectivity index (χ2v) is 5.21. The van der Waals surface area contributed by atoms with Gasteiger partial charge in [-0.1, -0.05) is 0 Å². The molecule has 2 rings (SSSR count). The third-order valence-corrected chi connectivity index (χ3v) is 3.25. The van der Waals surface area contributed by atoms with Gasteiger partial charge in [-0.05, 0) is 49.4 Å². The van der Waals surface area contributed by atoms with Crippen LogP contribution in [0.2, 0.25) is 0 Å². The van der Waals surface area contributed by atoms with Gasteiger partial charge in [0.25, 0.3) is 0 Å². The van der Waals surface area contributed by atoms with E-state index in [0.717, 1.165) is 17.7 Å². The predicted molar refractivity (Wildman–Crippen MR) is 77.7 cm³/mol. The summed E-state index contributed by atoms with van der Waals surface area (Å²) in [5, 5.41) is 0. The lowest BCUT2D eigenvalue weighted by atomic mass is 10.1. The number of thioether (sulfide) groups is 1. The second kappa shape index (κ2) is 6.54. The Bertz CT molecular complexity index is 511. The van der Waals surface area contributed by atoms with Gasteiger partial charge in [0.2, 0.25) is 0 Å². The lowest BCUT2D eigenvalue weighted by Gasteiger charge is -2.06. The normalized spacial score (nSPS) is 12.2. The summed E-state index contributed by atoms with van der Waals surface area (Å²) in [6, 6.07) is 8.28. The van der Waals surface area contributed by atoms with E-state index in [-0.39, 0.29) is 6.04 Å². The molecule has 1 heterocycles. The molecular weight excluding hydrogens is 258 g/mol. The van der Waals surface area contributed by atoms with E-state index in [2.05, 4.69) is 9.97 Å². The summed E-state index contributed by atoms with van der Waals surface area (Å²) >= 11 is 1.69. The Morgan fingerprint density at radius 2 is 1.84 bits per heavy atom. The zero-order valence-corrected chi connectivity index (χ0v) is 11.9. The van der Waals surface area contributed by atoms with Crippen molar-refractivity contribution in [1.29, 1.82) is 0 Å². The zero-order valence-electron chi connectivity index (χ0n) is 11.0. The molecule has 0 saturated heterocycles. The number of rotatable bonds is 5. The van der Waals surface area contributed by atoms with Gasteiger partial charge in [-0.2, -0.15) is 0 Å². The number of hydrogen-bond donors (Lipinski definition) is 1. The molecule has 1 aromatic carbocycles. The van der Waals surface area contributed by atoms with Gasteiger partial charge < -0.3 is 10.5 Å². The Hall–Kier alpha value is -1.59. The lowest BCUT2D eigenvalue weighted by molar-refractivity contribution is 0.440. The van der Waals surface area contributed by atoms with Crippen molar-refractivity contribution in [2.24, 2.45) is 5.73 Å². The maximum atomic E-state index is 5.72. The highest BCUT2D eigenvalue weighted by Gasteiger charge is 2.03. The topological polar surface area (TPSA) is 61.0 Å². The highest BCUT2D eigenvalue weighted by molar-refractivity contribution is 7.98. The zero-order chi connectivity index (χ0) is 13.7. The largest absolute Gasteiger partial charge is 0.424 e. The molecule has 1 atom stereocenters. The van der Waals surface area contributed by atoms with Gasteiger partial charge >= 0.3 is 6.01 Å². The quantitative estimate of drug-likeness (QED) is 0.850. The number of nitrogens with two attached hydrogens (primary N) is 1. The van der Waals surface area contributed by atoms with E-state index in [1.165, 1.54) is 4.90 Å². The Kier molecular flexibility index (Phi) is 4.76. The van der Waals surface area contributed by atoms with Gasteiger partial charge in [0.1, 0.15) is 5.75 Å². The first-order chi connectivity index (χ1) is 9.17. The van der Waals surface area contributed by atoms with Crippen molar-refractivity contribution in [2.75, 3.05) is 6.26 Å². The van der Waals surface area contributed by atoms with Crippen LogP contribution in [0.1, 0.15) is 12.5 Å². The van der Waals surface area contributed by atoms with Crippen molar-refractivity contribution >= 4 is 11.8 Å². The number of hydrogen-bond acceptors (Lipinski definition) is 5. The molecule has 2 aromatic rings. The van der Waals surface area contributed by atoms with E-state index < -0.39 is 0 Å². The van der Waals surface area contributed by atoms with Crippen LogP contribution < -0.4 is 10.5 Å². The summed E-state index contributed by atoms with van der Waals surface area (Å²) in [6.45, 7) is 1.96. The second-order valence-electron chi connectivity index (χ2n) is 4.33. The van der Waals surface area contributed by atoms with Crippen molar-refractivity contribution < 1.29 is 4.74 Å². The number of benzene rings is 1. The maximum Gasteiger partial charge on any atom is 0.321 e. The first-order valence-electron chi connectivity index (χ1n) is 6.06. The Labute approximate surface area is 117 Å². The van der Waals surface area contributed by atoms with E-state index in [4.69, 9.17) is 10.5 Å². The third-order valence-electron chi connectivity index (χ3n) is 2.51. The van der Waals surface area contributed by atoms with Gasteiger partial charge in [-0.25, -0.2) is 9.97 Å². The molecule has 1 aromatic heterocycles. The molecule has 0 aliphatic rings. The highest BCUT2D eigenvalue weighted by atomic mass is 32.2. The van der Waals surface area contributed by atoms with Crippen molar-refractivity contribution in [3.05, 3.63) is 42.2 Å². The van der Waals surface area contributed by atoms with Gasteiger partial charge in [0.15, 0.2) is 0 Å². The van der Waals surface area contributed by atoms with E-state index in [9.17, 15) is 0 Å². The molecule has 0 radical (unpaired) electrons. The standard InChI is InChI=1S/C14H17N3OS/c1-10(15)7-11-8-16-14(17-9-11)18-12-3-5-13(19-2)6-4-12/h3-6,8-10H,7,15H2,1-2H3. The van der Waals surface area contributed by atoms with Crippen molar-refractivity contribution in [3.8, 4) is 11.8 Å². The van der Waals surface area contributed by atoms with E-state index in [0.29, 0.717) is 6.01 Å². The Balaban J connectivity index is 2.02. The summed E-state index contributed by atoms with van der Waals surface area (Å²) < 4.78 is 5.58. The highest BCUT2D eigenvalue weighted by Crippen LogP contribution is 2.22. The van der Waals surface area contributed by atoms with Crippen LogP contribution in [0.25, 0.3) is 0 Å². The van der Waals surface area contributed by atoms with Gasteiger partial charge in [-0.3, -0.25) is 0 Å². The average Bonchev–Trinajstić information content (AvgIpc) is 2.41. The van der Waals surface area contributed by atoms with E-state index in [1.54, 1.807) is 24.2 Å². The minimum absolute atomic E-state index is 0.106. The molecule has 100 valence electrons. The van der Waals surface area contributed by atoms with Crippen LogP contribution in [0, 0.1) is 0 Å². The van der Waals surface area contributed by atoms with Crippen LogP contribution >= 0.6 is 11.8 Å². The molecule has 0 spiro atoms. The summed E-state index contributed by atoms with van der Waals surface area (Å²) in [5.41, 5.74) is 6.74. The van der Waals surface area contributed by atoms with Gasteiger partial charge in [0.05, 0.1) is 0 Å². The molecule has 0 saturated carbocycles. The average molecular weight is 275 g/mol. The molecule has 1 unspecified atom stereocenters. The first kappa shape index (κ1) is 13.8. The van der Waals surface area contributed by atoms with Crippen molar-refractivity contribution in [3.63, 3.8) is 0 Å². The summed E-state index contributed by atoms with van der Waals surface area (Å²) in [5.74, 6) is 0.734. The Morgan fingerprint density at radius 1 is 1.21 bits per heavy atom. The molecule has 5 heteroatoms. The molecule has 4 nitrogen and oxygen atoms in total. The van der Waals surface area contributed by atoms with Crippen LogP contribution in [0.15, 0.2) is 41.6 Å². The van der Waals surface area contributed by atoms with Crippen LogP contribution in [0.4, 0.5) is 0 Å².